The molecule has 0 heterocycles. The highest BCUT2D eigenvalue weighted by Gasteiger charge is 1.99. The van der Waals surface area contributed by atoms with Gasteiger partial charge in [0.1, 0.15) is 5.82 Å². The average molecular weight is 289 g/mol. The predicted molar refractivity (Wildman–Crippen MR) is 85.2 cm³/mol. The van der Waals surface area contributed by atoms with Crippen LogP contribution in [0.25, 0.3) is 0 Å². The van der Waals surface area contributed by atoms with E-state index in [0.717, 1.165) is 11.3 Å². The Bertz CT molecular complexity index is 584. The molecule has 4 N–H and O–H groups in total. The summed E-state index contributed by atoms with van der Waals surface area (Å²) in [4.78, 5) is 0. The first-order chi connectivity index (χ1) is 9.63. The van der Waals surface area contributed by atoms with Crippen LogP contribution in [0, 0.1) is 5.82 Å². The number of halogens is 1. The fourth-order valence-corrected chi connectivity index (χ4v) is 1.97. The van der Waals surface area contributed by atoms with E-state index in [9.17, 15) is 4.39 Å². The van der Waals surface area contributed by atoms with Crippen LogP contribution in [0.5, 0.6) is 0 Å². The Kier molecular flexibility index (Phi) is 4.90. The van der Waals surface area contributed by atoms with Crippen LogP contribution in [0.4, 0.5) is 15.8 Å². The zero-order valence-electron chi connectivity index (χ0n) is 10.9. The standard InChI is InChI=1S/C15H16FN3S/c16-12-3-1-2-11(10-12)8-9-18-15(20)19-14-6-4-13(17)5-7-14/h1-7,10H,8-9,17H2,(H2,18,19,20). The van der Waals surface area contributed by atoms with Crippen LogP contribution in [0.2, 0.25) is 0 Å². The summed E-state index contributed by atoms with van der Waals surface area (Å²) in [5.74, 6) is -0.218. The van der Waals surface area contributed by atoms with Gasteiger partial charge in [0.15, 0.2) is 5.11 Å². The van der Waals surface area contributed by atoms with Crippen molar-refractivity contribution in [2.24, 2.45) is 0 Å². The first-order valence-corrected chi connectivity index (χ1v) is 6.69. The van der Waals surface area contributed by atoms with Gasteiger partial charge in [0.25, 0.3) is 0 Å². The number of nitrogens with one attached hydrogen (secondary N) is 2. The third-order valence-corrected chi connectivity index (χ3v) is 3.00. The van der Waals surface area contributed by atoms with E-state index in [0.29, 0.717) is 23.8 Å². The number of hydrogen-bond donors (Lipinski definition) is 3. The van der Waals surface area contributed by atoms with Crippen LogP contribution < -0.4 is 16.4 Å². The van der Waals surface area contributed by atoms with Crippen LogP contribution in [0.15, 0.2) is 48.5 Å². The van der Waals surface area contributed by atoms with Crippen molar-refractivity contribution in [3.8, 4) is 0 Å². The molecule has 0 aliphatic rings. The van der Waals surface area contributed by atoms with Crippen molar-refractivity contribution in [1.82, 2.24) is 5.32 Å². The second-order valence-electron chi connectivity index (χ2n) is 4.38. The molecule has 0 unspecified atom stereocenters. The molecule has 2 aromatic carbocycles. The summed E-state index contributed by atoms with van der Waals surface area (Å²) in [5.41, 5.74) is 8.13. The van der Waals surface area contributed by atoms with Gasteiger partial charge in [0, 0.05) is 17.9 Å². The van der Waals surface area contributed by atoms with Crippen LogP contribution in [-0.2, 0) is 6.42 Å². The minimum Gasteiger partial charge on any atom is -0.399 e. The number of nitrogens with two attached hydrogens (primary N) is 1. The second kappa shape index (κ2) is 6.86. The molecule has 0 radical (unpaired) electrons. The van der Waals surface area contributed by atoms with Crippen LogP contribution in [0.3, 0.4) is 0 Å². The molecule has 0 saturated heterocycles. The van der Waals surface area contributed by atoms with E-state index >= 15 is 0 Å². The van der Waals surface area contributed by atoms with E-state index in [1.54, 1.807) is 18.2 Å². The molecule has 2 aromatic rings. The second-order valence-corrected chi connectivity index (χ2v) is 4.79. The van der Waals surface area contributed by atoms with Crippen molar-refractivity contribution in [2.75, 3.05) is 17.6 Å². The molecule has 0 fully saturated rings. The van der Waals surface area contributed by atoms with E-state index in [-0.39, 0.29) is 5.82 Å². The highest BCUT2D eigenvalue weighted by atomic mass is 32.1. The number of nitrogen functional groups attached to an aromatic ring is 1. The fourth-order valence-electron chi connectivity index (χ4n) is 1.75. The molecule has 0 aromatic heterocycles. The van der Waals surface area contributed by atoms with Gasteiger partial charge in [-0.3, -0.25) is 0 Å². The predicted octanol–water partition coefficient (Wildman–Crippen LogP) is 2.94. The molecule has 0 atom stereocenters. The number of thiocarbonyl (C=S) groups is 1. The maximum Gasteiger partial charge on any atom is 0.170 e. The molecule has 0 aliphatic carbocycles. The first-order valence-electron chi connectivity index (χ1n) is 6.28. The van der Waals surface area contributed by atoms with Gasteiger partial charge >= 0.3 is 0 Å². The van der Waals surface area contributed by atoms with Gasteiger partial charge in [0.2, 0.25) is 0 Å². The largest absolute Gasteiger partial charge is 0.399 e. The van der Waals surface area contributed by atoms with Crippen molar-refractivity contribution in [3.63, 3.8) is 0 Å². The molecule has 20 heavy (non-hydrogen) atoms. The van der Waals surface area contributed by atoms with E-state index in [1.165, 1.54) is 12.1 Å². The number of anilines is 2. The quantitative estimate of drug-likeness (QED) is 0.598. The highest BCUT2D eigenvalue weighted by Crippen LogP contribution is 2.10. The van der Waals surface area contributed by atoms with E-state index < -0.39 is 0 Å². The summed E-state index contributed by atoms with van der Waals surface area (Å²) < 4.78 is 13.0. The van der Waals surface area contributed by atoms with Gasteiger partial charge in [-0.25, -0.2) is 4.39 Å². The maximum atomic E-state index is 13.0. The first kappa shape index (κ1) is 14.3. The molecule has 0 spiro atoms. The maximum absolute atomic E-state index is 13.0. The zero-order valence-corrected chi connectivity index (χ0v) is 11.7. The molecule has 0 aliphatic heterocycles. The van der Waals surface area contributed by atoms with Gasteiger partial charge in [-0.1, -0.05) is 12.1 Å². The highest BCUT2D eigenvalue weighted by molar-refractivity contribution is 7.80. The van der Waals surface area contributed by atoms with Gasteiger partial charge in [0.05, 0.1) is 0 Å². The zero-order chi connectivity index (χ0) is 14.4. The molecular formula is C15H16FN3S. The summed E-state index contributed by atoms with van der Waals surface area (Å²) in [7, 11) is 0. The smallest absolute Gasteiger partial charge is 0.170 e. The summed E-state index contributed by atoms with van der Waals surface area (Å²) in [6, 6.07) is 13.9. The molecule has 104 valence electrons. The lowest BCUT2D eigenvalue weighted by atomic mass is 10.1. The van der Waals surface area contributed by atoms with Crippen molar-refractivity contribution in [3.05, 3.63) is 59.9 Å². The normalized spacial score (nSPS) is 10.1. The van der Waals surface area contributed by atoms with Crippen LogP contribution in [0.1, 0.15) is 5.56 Å². The van der Waals surface area contributed by atoms with E-state index in [4.69, 9.17) is 18.0 Å². The number of benzene rings is 2. The minimum atomic E-state index is -0.218. The Balaban J connectivity index is 1.76. The monoisotopic (exact) mass is 289 g/mol. The van der Waals surface area contributed by atoms with Crippen molar-refractivity contribution in [2.45, 2.75) is 6.42 Å². The Labute approximate surface area is 123 Å². The lowest BCUT2D eigenvalue weighted by Crippen LogP contribution is -2.30. The average Bonchev–Trinajstić information content (AvgIpc) is 2.41. The molecule has 5 heteroatoms. The molecule has 0 amide bonds. The number of hydrogen-bond acceptors (Lipinski definition) is 2. The topological polar surface area (TPSA) is 50.1 Å². The SMILES string of the molecule is Nc1ccc(NC(=S)NCCc2cccc(F)c2)cc1. The Morgan fingerprint density at radius 2 is 1.90 bits per heavy atom. The lowest BCUT2D eigenvalue weighted by molar-refractivity contribution is 0.625. The van der Waals surface area contributed by atoms with Gasteiger partial charge in [-0.05, 0) is 60.6 Å². The summed E-state index contributed by atoms with van der Waals surface area (Å²) >= 11 is 5.18. The Morgan fingerprint density at radius 3 is 2.60 bits per heavy atom. The molecule has 2 rings (SSSR count). The molecular weight excluding hydrogens is 273 g/mol. The van der Waals surface area contributed by atoms with E-state index in [1.807, 2.05) is 18.2 Å². The Hall–Kier alpha value is -2.14. The molecule has 3 nitrogen and oxygen atoms in total. The van der Waals surface area contributed by atoms with Crippen LogP contribution in [-0.4, -0.2) is 11.7 Å². The minimum absolute atomic E-state index is 0.218. The van der Waals surface area contributed by atoms with Crippen molar-refractivity contribution < 1.29 is 4.39 Å². The summed E-state index contributed by atoms with van der Waals surface area (Å²) in [6.45, 7) is 0.643. The van der Waals surface area contributed by atoms with Gasteiger partial charge in [-0.15, -0.1) is 0 Å². The summed E-state index contributed by atoms with van der Waals surface area (Å²) in [6.07, 6.45) is 0.710. The third kappa shape index (κ3) is 4.51. The van der Waals surface area contributed by atoms with Gasteiger partial charge < -0.3 is 16.4 Å². The number of rotatable bonds is 4. The van der Waals surface area contributed by atoms with Crippen molar-refractivity contribution in [1.29, 1.82) is 0 Å². The molecule has 0 bridgehead atoms. The Morgan fingerprint density at radius 1 is 1.15 bits per heavy atom. The summed E-state index contributed by atoms with van der Waals surface area (Å²) in [5, 5.41) is 6.67. The third-order valence-electron chi connectivity index (χ3n) is 2.76. The van der Waals surface area contributed by atoms with E-state index in [2.05, 4.69) is 10.6 Å². The van der Waals surface area contributed by atoms with Crippen LogP contribution >= 0.6 is 12.2 Å². The van der Waals surface area contributed by atoms with Gasteiger partial charge in [-0.2, -0.15) is 0 Å². The fraction of sp³-hybridized carbons (Fsp3) is 0.133. The lowest BCUT2D eigenvalue weighted by Gasteiger charge is -2.10. The molecule has 0 saturated carbocycles. The van der Waals surface area contributed by atoms with Crippen molar-refractivity contribution >= 4 is 28.7 Å².